The Bertz CT molecular complexity index is 1110. The van der Waals surface area contributed by atoms with Crippen molar-refractivity contribution in [3.8, 4) is 0 Å². The Labute approximate surface area is 184 Å². The Kier molecular flexibility index (Phi) is 5.63. The van der Waals surface area contributed by atoms with Gasteiger partial charge in [0.25, 0.3) is 0 Å². The molecule has 1 aliphatic rings. The number of benzene rings is 3. The molecular weight excluding hydrogens is 380 g/mol. The minimum absolute atomic E-state index is 0.354. The zero-order valence-corrected chi connectivity index (χ0v) is 17.9. The molecule has 1 atom stereocenters. The lowest BCUT2D eigenvalue weighted by atomic mass is 9.84. The van der Waals surface area contributed by atoms with Gasteiger partial charge in [0.1, 0.15) is 0 Å². The van der Waals surface area contributed by atoms with E-state index in [1.165, 1.54) is 22.0 Å². The predicted octanol–water partition coefficient (Wildman–Crippen LogP) is 5.67. The zero-order chi connectivity index (χ0) is 21.1. The van der Waals surface area contributed by atoms with Gasteiger partial charge in [-0.1, -0.05) is 78.9 Å². The average Bonchev–Trinajstić information content (AvgIpc) is 3.26. The molecule has 3 nitrogen and oxygen atoms in total. The van der Waals surface area contributed by atoms with Gasteiger partial charge in [0.2, 0.25) is 0 Å². The van der Waals surface area contributed by atoms with Crippen LogP contribution in [0.2, 0.25) is 0 Å². The van der Waals surface area contributed by atoms with E-state index in [0.717, 1.165) is 44.5 Å². The Morgan fingerprint density at radius 3 is 2.23 bits per heavy atom. The van der Waals surface area contributed by atoms with Crippen LogP contribution in [0.15, 0.2) is 91.1 Å². The van der Waals surface area contributed by atoms with Crippen molar-refractivity contribution in [3.63, 3.8) is 0 Å². The number of rotatable bonds is 6. The van der Waals surface area contributed by atoms with Gasteiger partial charge in [0.15, 0.2) is 0 Å². The molecule has 2 N–H and O–H groups in total. The molecule has 5 rings (SSSR count). The van der Waals surface area contributed by atoms with Crippen LogP contribution in [0.1, 0.15) is 41.9 Å². The third-order valence-electron chi connectivity index (χ3n) is 6.93. The van der Waals surface area contributed by atoms with E-state index < -0.39 is 5.60 Å². The SMILES string of the molecule is OC1(c2ccccc2)CCN(CCC(c2ccccc2)c2c[nH]c3ccccc23)CC1. The summed E-state index contributed by atoms with van der Waals surface area (Å²) in [7, 11) is 0. The number of para-hydroxylation sites is 1. The largest absolute Gasteiger partial charge is 0.385 e. The van der Waals surface area contributed by atoms with E-state index in [1.54, 1.807) is 0 Å². The number of H-pyrrole nitrogens is 1. The smallest absolute Gasteiger partial charge is 0.0920 e. The lowest BCUT2D eigenvalue weighted by Gasteiger charge is -2.39. The summed E-state index contributed by atoms with van der Waals surface area (Å²) < 4.78 is 0. The summed E-state index contributed by atoms with van der Waals surface area (Å²) in [6, 6.07) is 29.6. The third kappa shape index (κ3) is 4.16. The van der Waals surface area contributed by atoms with E-state index in [9.17, 15) is 5.11 Å². The van der Waals surface area contributed by atoms with Crippen molar-refractivity contribution < 1.29 is 5.11 Å². The second-order valence-electron chi connectivity index (χ2n) is 8.78. The van der Waals surface area contributed by atoms with Gasteiger partial charge < -0.3 is 15.0 Å². The van der Waals surface area contributed by atoms with E-state index >= 15 is 0 Å². The van der Waals surface area contributed by atoms with Crippen molar-refractivity contribution in [1.82, 2.24) is 9.88 Å². The molecule has 0 bridgehead atoms. The topological polar surface area (TPSA) is 39.3 Å². The molecule has 1 unspecified atom stereocenters. The number of piperidine rings is 1. The molecule has 2 heterocycles. The van der Waals surface area contributed by atoms with E-state index in [2.05, 4.69) is 82.8 Å². The van der Waals surface area contributed by atoms with Crippen molar-refractivity contribution in [1.29, 1.82) is 0 Å². The lowest BCUT2D eigenvalue weighted by Crippen LogP contribution is -2.43. The van der Waals surface area contributed by atoms with E-state index in [0.29, 0.717) is 5.92 Å². The Morgan fingerprint density at radius 2 is 1.48 bits per heavy atom. The molecule has 0 saturated carbocycles. The monoisotopic (exact) mass is 410 g/mol. The second-order valence-corrected chi connectivity index (χ2v) is 8.78. The maximum Gasteiger partial charge on any atom is 0.0920 e. The van der Waals surface area contributed by atoms with Gasteiger partial charge in [0, 0.05) is 36.1 Å². The first-order valence-corrected chi connectivity index (χ1v) is 11.3. The molecule has 1 saturated heterocycles. The summed E-state index contributed by atoms with van der Waals surface area (Å²) >= 11 is 0. The zero-order valence-electron chi connectivity index (χ0n) is 17.9. The number of hydrogen-bond donors (Lipinski definition) is 2. The highest BCUT2D eigenvalue weighted by Gasteiger charge is 2.34. The van der Waals surface area contributed by atoms with Gasteiger partial charge >= 0.3 is 0 Å². The summed E-state index contributed by atoms with van der Waals surface area (Å²) in [5.74, 6) is 0.354. The van der Waals surface area contributed by atoms with Gasteiger partial charge in [0.05, 0.1) is 5.60 Å². The maximum atomic E-state index is 11.2. The molecule has 1 fully saturated rings. The van der Waals surface area contributed by atoms with Crippen molar-refractivity contribution in [2.75, 3.05) is 19.6 Å². The van der Waals surface area contributed by atoms with Gasteiger partial charge in [-0.05, 0) is 48.6 Å². The Balaban J connectivity index is 1.31. The maximum absolute atomic E-state index is 11.2. The molecule has 0 aliphatic carbocycles. The molecule has 0 radical (unpaired) electrons. The van der Waals surface area contributed by atoms with Crippen LogP contribution in [-0.2, 0) is 5.60 Å². The fraction of sp³-hybridized carbons (Fsp3) is 0.286. The number of likely N-dealkylation sites (tertiary alicyclic amines) is 1. The summed E-state index contributed by atoms with van der Waals surface area (Å²) in [6.07, 6.45) is 4.84. The summed E-state index contributed by atoms with van der Waals surface area (Å²) in [4.78, 5) is 5.97. The number of nitrogens with one attached hydrogen (secondary N) is 1. The minimum atomic E-state index is -0.687. The molecular formula is C28H30N2O. The van der Waals surface area contributed by atoms with E-state index in [4.69, 9.17) is 0 Å². The standard InChI is InChI=1S/C28H30N2O/c31-28(23-11-5-2-6-12-23)16-19-30(20-17-28)18-15-24(22-9-3-1-4-10-22)26-21-29-27-14-8-7-13-25(26)27/h1-14,21,24,29,31H,15-20H2. The van der Waals surface area contributed by atoms with Crippen LogP contribution in [0.4, 0.5) is 0 Å². The Hall–Kier alpha value is -2.88. The highest BCUT2D eigenvalue weighted by Crippen LogP contribution is 2.36. The van der Waals surface area contributed by atoms with Crippen molar-refractivity contribution in [3.05, 3.63) is 108 Å². The normalized spacial score (nSPS) is 17.6. The first-order valence-electron chi connectivity index (χ1n) is 11.3. The highest BCUT2D eigenvalue weighted by atomic mass is 16.3. The van der Waals surface area contributed by atoms with Gasteiger partial charge in [-0.25, -0.2) is 0 Å². The van der Waals surface area contributed by atoms with Gasteiger partial charge in [-0.2, -0.15) is 0 Å². The van der Waals surface area contributed by atoms with E-state index in [-0.39, 0.29) is 0 Å². The summed E-state index contributed by atoms with van der Waals surface area (Å²) in [5, 5.41) is 12.5. The van der Waals surface area contributed by atoms with Crippen LogP contribution >= 0.6 is 0 Å². The van der Waals surface area contributed by atoms with Crippen LogP contribution in [0.25, 0.3) is 10.9 Å². The molecule has 31 heavy (non-hydrogen) atoms. The number of aromatic nitrogens is 1. The molecule has 0 spiro atoms. The van der Waals surface area contributed by atoms with Crippen molar-refractivity contribution in [2.24, 2.45) is 0 Å². The quantitative estimate of drug-likeness (QED) is 0.430. The van der Waals surface area contributed by atoms with Gasteiger partial charge in [-0.3, -0.25) is 0 Å². The molecule has 1 aromatic heterocycles. The van der Waals surface area contributed by atoms with Crippen molar-refractivity contribution >= 4 is 10.9 Å². The molecule has 1 aliphatic heterocycles. The number of hydrogen-bond acceptors (Lipinski definition) is 2. The first kappa shape index (κ1) is 20.0. The number of fused-ring (bicyclic) bond motifs is 1. The fourth-order valence-electron chi connectivity index (χ4n) is 5.06. The molecule has 3 heteroatoms. The Morgan fingerprint density at radius 1 is 0.839 bits per heavy atom. The summed E-state index contributed by atoms with van der Waals surface area (Å²) in [5.41, 5.74) is 4.30. The average molecular weight is 411 g/mol. The fourth-order valence-corrected chi connectivity index (χ4v) is 5.06. The molecule has 0 amide bonds. The lowest BCUT2D eigenvalue weighted by molar-refractivity contribution is -0.0261. The van der Waals surface area contributed by atoms with Crippen LogP contribution in [0.3, 0.4) is 0 Å². The number of nitrogens with zero attached hydrogens (tertiary/aromatic N) is 1. The van der Waals surface area contributed by atoms with Crippen LogP contribution in [0.5, 0.6) is 0 Å². The molecule has 3 aromatic carbocycles. The van der Waals surface area contributed by atoms with Crippen molar-refractivity contribution in [2.45, 2.75) is 30.8 Å². The highest BCUT2D eigenvalue weighted by molar-refractivity contribution is 5.84. The molecule has 4 aromatic rings. The number of aromatic amines is 1. The number of aliphatic hydroxyl groups is 1. The van der Waals surface area contributed by atoms with Crippen LogP contribution < -0.4 is 0 Å². The molecule has 158 valence electrons. The minimum Gasteiger partial charge on any atom is -0.385 e. The van der Waals surface area contributed by atoms with Crippen LogP contribution in [-0.4, -0.2) is 34.6 Å². The van der Waals surface area contributed by atoms with Crippen LogP contribution in [0, 0.1) is 0 Å². The first-order chi connectivity index (χ1) is 15.2. The predicted molar refractivity (Wildman–Crippen MR) is 127 cm³/mol. The summed E-state index contributed by atoms with van der Waals surface area (Å²) in [6.45, 7) is 2.89. The second kappa shape index (κ2) is 8.70. The third-order valence-corrected chi connectivity index (χ3v) is 6.93. The van der Waals surface area contributed by atoms with E-state index in [1.807, 2.05) is 18.2 Å². The van der Waals surface area contributed by atoms with Gasteiger partial charge in [-0.15, -0.1) is 0 Å².